The van der Waals surface area contributed by atoms with Gasteiger partial charge in [-0.2, -0.15) is 0 Å². The molecule has 0 N–H and O–H groups in total. The Morgan fingerprint density at radius 2 is 1.62 bits per heavy atom. The van der Waals surface area contributed by atoms with Gasteiger partial charge in [0.2, 0.25) is 0 Å². The van der Waals surface area contributed by atoms with Gasteiger partial charge in [0.05, 0.1) is 4.92 Å². The highest BCUT2D eigenvalue weighted by molar-refractivity contribution is 6.00. The molecule has 3 rings (SSSR count). The molecule has 6 nitrogen and oxygen atoms in total. The van der Waals surface area contributed by atoms with Crippen LogP contribution >= 0.6 is 0 Å². The summed E-state index contributed by atoms with van der Waals surface area (Å²) in [5, 5.41) is 10.9. The van der Waals surface area contributed by atoms with E-state index in [2.05, 4.69) is 21.9 Å². The number of rotatable bonds is 4. The topological polar surface area (TPSA) is 66.7 Å². The van der Waals surface area contributed by atoms with Crippen LogP contribution in [0.25, 0.3) is 0 Å². The SMILES string of the molecule is CC(=O)c1cc([N+](=O)[O-])ccc1N1CCN(c2ccccc2)CC1. The number of piperazine rings is 1. The van der Waals surface area contributed by atoms with E-state index in [1.54, 1.807) is 6.07 Å². The average Bonchev–Trinajstić information content (AvgIpc) is 2.62. The van der Waals surface area contributed by atoms with Crippen LogP contribution < -0.4 is 9.80 Å². The van der Waals surface area contributed by atoms with Crippen molar-refractivity contribution >= 4 is 22.8 Å². The number of hydrogen-bond donors (Lipinski definition) is 0. The first kappa shape index (κ1) is 16.0. The fraction of sp³-hybridized carbons (Fsp3) is 0.278. The third-order valence-corrected chi connectivity index (χ3v) is 4.31. The molecule has 0 spiro atoms. The number of anilines is 2. The Bertz CT molecular complexity index is 753. The molecule has 0 bridgehead atoms. The summed E-state index contributed by atoms with van der Waals surface area (Å²) in [6.45, 7) is 4.68. The van der Waals surface area contributed by atoms with Crippen molar-refractivity contribution in [2.45, 2.75) is 6.92 Å². The zero-order chi connectivity index (χ0) is 17.1. The molecular weight excluding hydrogens is 306 g/mol. The Hall–Kier alpha value is -2.89. The van der Waals surface area contributed by atoms with Crippen LogP contribution in [0, 0.1) is 10.1 Å². The van der Waals surface area contributed by atoms with Crippen LogP contribution in [-0.2, 0) is 0 Å². The Labute approximate surface area is 140 Å². The summed E-state index contributed by atoms with van der Waals surface area (Å²) in [5.41, 5.74) is 2.33. The molecule has 0 radical (unpaired) electrons. The molecule has 2 aromatic rings. The van der Waals surface area contributed by atoms with E-state index in [9.17, 15) is 14.9 Å². The number of nitro benzene ring substituents is 1. The van der Waals surface area contributed by atoms with Gasteiger partial charge < -0.3 is 9.80 Å². The number of nitro groups is 1. The first-order valence-corrected chi connectivity index (χ1v) is 7.90. The Morgan fingerprint density at radius 3 is 2.21 bits per heavy atom. The van der Waals surface area contributed by atoms with Crippen LogP contribution in [0.1, 0.15) is 17.3 Å². The molecule has 0 unspecified atom stereocenters. The molecule has 1 aliphatic rings. The zero-order valence-electron chi connectivity index (χ0n) is 13.5. The summed E-state index contributed by atoms with van der Waals surface area (Å²) in [6.07, 6.45) is 0. The summed E-state index contributed by atoms with van der Waals surface area (Å²) in [7, 11) is 0. The Balaban J connectivity index is 1.79. The molecule has 0 aliphatic carbocycles. The van der Waals surface area contributed by atoms with Crippen LogP contribution in [0.5, 0.6) is 0 Å². The summed E-state index contributed by atoms with van der Waals surface area (Å²) in [6, 6.07) is 14.7. The van der Waals surface area contributed by atoms with Gasteiger partial charge in [-0.3, -0.25) is 14.9 Å². The van der Waals surface area contributed by atoms with Crippen molar-refractivity contribution in [3.63, 3.8) is 0 Å². The zero-order valence-corrected chi connectivity index (χ0v) is 13.5. The summed E-state index contributed by atoms with van der Waals surface area (Å²) in [5.74, 6) is -0.154. The molecule has 1 aliphatic heterocycles. The standard InChI is InChI=1S/C18H19N3O3/c1-14(22)17-13-16(21(23)24)7-8-18(17)20-11-9-19(10-12-20)15-5-3-2-4-6-15/h2-8,13H,9-12H2,1H3. The van der Waals surface area contributed by atoms with Gasteiger partial charge >= 0.3 is 0 Å². The van der Waals surface area contributed by atoms with E-state index in [0.29, 0.717) is 5.56 Å². The second-order valence-electron chi connectivity index (χ2n) is 5.82. The molecule has 1 fully saturated rings. The molecule has 0 atom stereocenters. The van der Waals surface area contributed by atoms with Crippen LogP contribution in [0.4, 0.5) is 17.1 Å². The van der Waals surface area contributed by atoms with Crippen molar-refractivity contribution in [2.75, 3.05) is 36.0 Å². The third kappa shape index (κ3) is 3.22. The van der Waals surface area contributed by atoms with Gasteiger partial charge in [0.15, 0.2) is 5.78 Å². The largest absolute Gasteiger partial charge is 0.368 e. The predicted molar refractivity (Wildman–Crippen MR) is 94.0 cm³/mol. The first-order chi connectivity index (χ1) is 11.6. The van der Waals surface area contributed by atoms with Crippen LogP contribution in [0.15, 0.2) is 48.5 Å². The number of carbonyl (C=O) groups excluding carboxylic acids is 1. The number of Topliss-reactive ketones (excluding diaryl/α,β-unsaturated/α-hetero) is 1. The molecule has 2 aromatic carbocycles. The number of nitrogens with zero attached hydrogens (tertiary/aromatic N) is 3. The monoisotopic (exact) mass is 325 g/mol. The number of carbonyl (C=O) groups is 1. The fourth-order valence-electron chi connectivity index (χ4n) is 3.04. The third-order valence-electron chi connectivity index (χ3n) is 4.31. The molecule has 1 heterocycles. The summed E-state index contributed by atoms with van der Waals surface area (Å²) in [4.78, 5) is 26.8. The van der Waals surface area contributed by atoms with Gasteiger partial charge in [0.1, 0.15) is 0 Å². The van der Waals surface area contributed by atoms with Gasteiger partial charge in [-0.1, -0.05) is 18.2 Å². The lowest BCUT2D eigenvalue weighted by atomic mass is 10.1. The van der Waals surface area contributed by atoms with E-state index in [4.69, 9.17) is 0 Å². The lowest BCUT2D eigenvalue weighted by molar-refractivity contribution is -0.384. The quantitative estimate of drug-likeness (QED) is 0.491. The molecule has 0 amide bonds. The smallest absolute Gasteiger partial charge is 0.270 e. The molecule has 24 heavy (non-hydrogen) atoms. The molecular formula is C18H19N3O3. The maximum atomic E-state index is 11.9. The van der Waals surface area contributed by atoms with Crippen LogP contribution in [0.2, 0.25) is 0 Å². The highest BCUT2D eigenvalue weighted by atomic mass is 16.6. The minimum atomic E-state index is -0.469. The Morgan fingerprint density at radius 1 is 1.00 bits per heavy atom. The van der Waals surface area contributed by atoms with Crippen molar-refractivity contribution in [1.82, 2.24) is 0 Å². The van der Waals surface area contributed by atoms with Gasteiger partial charge in [-0.15, -0.1) is 0 Å². The van der Waals surface area contributed by atoms with Crippen molar-refractivity contribution in [3.05, 3.63) is 64.2 Å². The molecule has 124 valence electrons. The summed E-state index contributed by atoms with van der Waals surface area (Å²) >= 11 is 0. The molecule has 1 saturated heterocycles. The van der Waals surface area contributed by atoms with E-state index < -0.39 is 4.92 Å². The lowest BCUT2D eigenvalue weighted by Gasteiger charge is -2.38. The van der Waals surface area contributed by atoms with Crippen molar-refractivity contribution in [1.29, 1.82) is 0 Å². The Kier molecular flexibility index (Phi) is 4.46. The summed E-state index contributed by atoms with van der Waals surface area (Å²) < 4.78 is 0. The highest BCUT2D eigenvalue weighted by Gasteiger charge is 2.22. The average molecular weight is 325 g/mol. The van der Waals surface area contributed by atoms with Gasteiger partial charge in [-0.25, -0.2) is 0 Å². The maximum absolute atomic E-state index is 11.9. The lowest BCUT2D eigenvalue weighted by Crippen LogP contribution is -2.46. The van der Waals surface area contributed by atoms with E-state index >= 15 is 0 Å². The van der Waals surface area contributed by atoms with E-state index in [1.807, 2.05) is 18.2 Å². The van der Waals surface area contributed by atoms with Gasteiger partial charge in [0, 0.05) is 55.2 Å². The highest BCUT2D eigenvalue weighted by Crippen LogP contribution is 2.27. The van der Waals surface area contributed by atoms with Crippen LogP contribution in [-0.4, -0.2) is 36.9 Å². The van der Waals surface area contributed by atoms with Crippen LogP contribution in [0.3, 0.4) is 0 Å². The first-order valence-electron chi connectivity index (χ1n) is 7.90. The van der Waals surface area contributed by atoms with Crippen molar-refractivity contribution in [2.24, 2.45) is 0 Å². The fourth-order valence-corrected chi connectivity index (χ4v) is 3.04. The van der Waals surface area contributed by atoms with Gasteiger partial charge in [0.25, 0.3) is 5.69 Å². The number of para-hydroxylation sites is 1. The second kappa shape index (κ2) is 6.70. The van der Waals surface area contributed by atoms with E-state index in [0.717, 1.165) is 31.9 Å². The van der Waals surface area contributed by atoms with E-state index in [1.165, 1.54) is 24.7 Å². The molecule has 6 heteroatoms. The minimum Gasteiger partial charge on any atom is -0.368 e. The van der Waals surface area contributed by atoms with E-state index in [-0.39, 0.29) is 11.5 Å². The second-order valence-corrected chi connectivity index (χ2v) is 5.82. The number of hydrogen-bond acceptors (Lipinski definition) is 5. The minimum absolute atomic E-state index is 0.0492. The van der Waals surface area contributed by atoms with Crippen molar-refractivity contribution in [3.8, 4) is 0 Å². The normalized spacial score (nSPS) is 14.5. The number of ketones is 1. The van der Waals surface area contributed by atoms with Crippen molar-refractivity contribution < 1.29 is 9.72 Å². The molecule has 0 saturated carbocycles. The maximum Gasteiger partial charge on any atom is 0.270 e. The number of non-ortho nitro benzene ring substituents is 1. The van der Waals surface area contributed by atoms with Gasteiger partial charge in [-0.05, 0) is 25.1 Å². The predicted octanol–water partition coefficient (Wildman–Crippen LogP) is 3.12. The molecule has 0 aromatic heterocycles. The number of benzene rings is 2.